The summed E-state index contributed by atoms with van der Waals surface area (Å²) >= 11 is 5.70. The summed E-state index contributed by atoms with van der Waals surface area (Å²) in [6.45, 7) is 1.67. The minimum absolute atomic E-state index is 0.134. The molecule has 0 aromatic carbocycles. The largest absolute Gasteiger partial charge is 0.440 e. The molecule has 0 unspecified atom stereocenters. The Bertz CT molecular complexity index is 619. The second-order valence-electron chi connectivity index (χ2n) is 5.19. The number of nitrogens with zero attached hydrogens (tertiary/aromatic N) is 3. The van der Waals surface area contributed by atoms with E-state index in [1.54, 1.807) is 24.1 Å². The monoisotopic (exact) mass is 293 g/mol. The standard InChI is InChI=1S/C14H16ClN3O2/c1-17(14(19)11-2-3-12(15)20-11)9-10-4-6-18-7-5-16-13(18)8-10/h2-3,5,7,10H,4,6,8-9H2,1H3/t10-/m1/s1. The average Bonchev–Trinajstić information content (AvgIpc) is 3.05. The number of amides is 1. The molecule has 20 heavy (non-hydrogen) atoms. The Labute approximate surface area is 122 Å². The first-order valence-corrected chi connectivity index (χ1v) is 7.02. The number of halogens is 1. The van der Waals surface area contributed by atoms with Gasteiger partial charge in [-0.05, 0) is 36.1 Å². The first-order chi connectivity index (χ1) is 9.63. The molecule has 2 aromatic rings. The molecule has 1 atom stereocenters. The normalized spacial score (nSPS) is 17.8. The number of aromatic nitrogens is 2. The Morgan fingerprint density at radius 3 is 3.20 bits per heavy atom. The van der Waals surface area contributed by atoms with Crippen molar-refractivity contribution < 1.29 is 9.21 Å². The number of hydrogen-bond acceptors (Lipinski definition) is 3. The van der Waals surface area contributed by atoms with Crippen molar-refractivity contribution in [3.8, 4) is 0 Å². The molecule has 0 saturated carbocycles. The molecule has 0 N–H and O–H groups in total. The Kier molecular flexibility index (Phi) is 3.53. The topological polar surface area (TPSA) is 51.3 Å². The van der Waals surface area contributed by atoms with Gasteiger partial charge >= 0.3 is 0 Å². The van der Waals surface area contributed by atoms with Crippen molar-refractivity contribution in [1.82, 2.24) is 14.5 Å². The maximum atomic E-state index is 12.2. The van der Waals surface area contributed by atoms with Crippen molar-refractivity contribution in [2.45, 2.75) is 19.4 Å². The molecular formula is C14H16ClN3O2. The average molecular weight is 294 g/mol. The second kappa shape index (κ2) is 5.32. The Morgan fingerprint density at radius 2 is 2.45 bits per heavy atom. The SMILES string of the molecule is CN(C[C@@H]1CCn2ccnc2C1)C(=O)c1ccc(Cl)o1. The molecule has 0 radical (unpaired) electrons. The van der Waals surface area contributed by atoms with E-state index in [0.717, 1.165) is 25.2 Å². The molecule has 106 valence electrons. The fraction of sp³-hybridized carbons (Fsp3) is 0.429. The van der Waals surface area contributed by atoms with Gasteiger partial charge in [0, 0.05) is 39.0 Å². The zero-order valence-electron chi connectivity index (χ0n) is 11.3. The highest BCUT2D eigenvalue weighted by Gasteiger charge is 2.23. The lowest BCUT2D eigenvalue weighted by molar-refractivity contribution is 0.0732. The van der Waals surface area contributed by atoms with E-state index < -0.39 is 0 Å². The van der Waals surface area contributed by atoms with Gasteiger partial charge in [-0.15, -0.1) is 0 Å². The van der Waals surface area contributed by atoms with Gasteiger partial charge in [0.2, 0.25) is 0 Å². The second-order valence-corrected chi connectivity index (χ2v) is 5.56. The van der Waals surface area contributed by atoms with Crippen molar-refractivity contribution in [2.75, 3.05) is 13.6 Å². The van der Waals surface area contributed by atoms with Gasteiger partial charge in [0.05, 0.1) is 0 Å². The number of carbonyl (C=O) groups excluding carboxylic acids is 1. The van der Waals surface area contributed by atoms with Crippen molar-refractivity contribution >= 4 is 17.5 Å². The molecular weight excluding hydrogens is 278 g/mol. The van der Waals surface area contributed by atoms with Gasteiger partial charge < -0.3 is 13.9 Å². The van der Waals surface area contributed by atoms with Gasteiger partial charge in [0.25, 0.3) is 5.91 Å². The summed E-state index contributed by atoms with van der Waals surface area (Å²) in [5.41, 5.74) is 0. The molecule has 0 saturated heterocycles. The summed E-state index contributed by atoms with van der Waals surface area (Å²) in [4.78, 5) is 18.2. The molecule has 1 amide bonds. The molecule has 6 heteroatoms. The number of furan rings is 1. The molecule has 2 aromatic heterocycles. The van der Waals surface area contributed by atoms with Crippen LogP contribution in [0.4, 0.5) is 0 Å². The van der Waals surface area contributed by atoms with Crippen molar-refractivity contribution in [3.05, 3.63) is 41.3 Å². The van der Waals surface area contributed by atoms with Crippen molar-refractivity contribution in [3.63, 3.8) is 0 Å². The summed E-state index contributed by atoms with van der Waals surface area (Å²) in [5, 5.41) is 0.237. The third-order valence-corrected chi connectivity index (χ3v) is 3.92. The lowest BCUT2D eigenvalue weighted by Gasteiger charge is -2.27. The number of hydrogen-bond donors (Lipinski definition) is 0. The zero-order chi connectivity index (χ0) is 14.1. The van der Waals surface area contributed by atoms with Crippen LogP contribution >= 0.6 is 11.6 Å². The Morgan fingerprint density at radius 1 is 1.60 bits per heavy atom. The summed E-state index contributed by atoms with van der Waals surface area (Å²) in [6.07, 6.45) is 5.80. The molecule has 1 aliphatic rings. The lowest BCUT2D eigenvalue weighted by Crippen LogP contribution is -2.34. The minimum atomic E-state index is -0.134. The van der Waals surface area contributed by atoms with Crippen LogP contribution in [0, 0.1) is 5.92 Å². The van der Waals surface area contributed by atoms with Crippen LogP contribution < -0.4 is 0 Å². The van der Waals surface area contributed by atoms with Crippen LogP contribution in [0.2, 0.25) is 5.22 Å². The van der Waals surface area contributed by atoms with Crippen LogP contribution in [0.1, 0.15) is 22.8 Å². The van der Waals surface area contributed by atoms with E-state index in [-0.39, 0.29) is 16.9 Å². The predicted octanol–water partition coefficient (Wildman–Crippen LogP) is 2.46. The van der Waals surface area contributed by atoms with E-state index in [0.29, 0.717) is 12.5 Å². The van der Waals surface area contributed by atoms with E-state index in [4.69, 9.17) is 16.0 Å². The van der Waals surface area contributed by atoms with E-state index in [1.165, 1.54) is 0 Å². The predicted molar refractivity (Wildman–Crippen MR) is 74.7 cm³/mol. The quantitative estimate of drug-likeness (QED) is 0.873. The molecule has 0 bridgehead atoms. The van der Waals surface area contributed by atoms with Gasteiger partial charge in [-0.2, -0.15) is 0 Å². The highest BCUT2D eigenvalue weighted by molar-refractivity contribution is 6.29. The maximum absolute atomic E-state index is 12.2. The number of fused-ring (bicyclic) bond motifs is 1. The van der Waals surface area contributed by atoms with Gasteiger partial charge in [-0.25, -0.2) is 4.98 Å². The highest BCUT2D eigenvalue weighted by Crippen LogP contribution is 2.21. The first kappa shape index (κ1) is 13.2. The van der Waals surface area contributed by atoms with Gasteiger partial charge in [-0.3, -0.25) is 4.79 Å². The summed E-state index contributed by atoms with van der Waals surface area (Å²) in [6, 6.07) is 3.19. The zero-order valence-corrected chi connectivity index (χ0v) is 12.0. The van der Waals surface area contributed by atoms with Crippen LogP contribution in [0.5, 0.6) is 0 Å². The van der Waals surface area contributed by atoms with Crippen LogP contribution in [0.25, 0.3) is 0 Å². The highest BCUT2D eigenvalue weighted by atomic mass is 35.5. The molecule has 5 nitrogen and oxygen atoms in total. The van der Waals surface area contributed by atoms with Gasteiger partial charge in [0.15, 0.2) is 11.0 Å². The maximum Gasteiger partial charge on any atom is 0.289 e. The molecule has 0 fully saturated rings. The minimum Gasteiger partial charge on any atom is -0.440 e. The van der Waals surface area contributed by atoms with Crippen LogP contribution in [-0.2, 0) is 13.0 Å². The van der Waals surface area contributed by atoms with Crippen molar-refractivity contribution in [1.29, 1.82) is 0 Å². The molecule has 3 rings (SSSR count). The molecule has 0 spiro atoms. The number of rotatable bonds is 3. The van der Waals surface area contributed by atoms with E-state index >= 15 is 0 Å². The summed E-state index contributed by atoms with van der Waals surface area (Å²) in [7, 11) is 1.79. The number of aryl methyl sites for hydroxylation is 1. The smallest absolute Gasteiger partial charge is 0.289 e. The van der Waals surface area contributed by atoms with E-state index in [1.807, 2.05) is 12.4 Å². The summed E-state index contributed by atoms with van der Waals surface area (Å²) in [5.74, 6) is 1.69. The van der Waals surface area contributed by atoms with E-state index in [9.17, 15) is 4.79 Å². The fourth-order valence-corrected chi connectivity index (χ4v) is 2.81. The van der Waals surface area contributed by atoms with E-state index in [2.05, 4.69) is 9.55 Å². The number of carbonyl (C=O) groups is 1. The van der Waals surface area contributed by atoms with Gasteiger partial charge in [0.1, 0.15) is 5.82 Å². The first-order valence-electron chi connectivity index (χ1n) is 6.64. The van der Waals surface area contributed by atoms with Gasteiger partial charge in [-0.1, -0.05) is 0 Å². The Hall–Kier alpha value is -1.75. The van der Waals surface area contributed by atoms with Crippen LogP contribution in [-0.4, -0.2) is 34.0 Å². The number of imidazole rings is 1. The third kappa shape index (κ3) is 2.58. The van der Waals surface area contributed by atoms with Crippen LogP contribution in [0.15, 0.2) is 28.9 Å². The Balaban J connectivity index is 1.62. The third-order valence-electron chi connectivity index (χ3n) is 3.71. The summed E-state index contributed by atoms with van der Waals surface area (Å²) < 4.78 is 7.33. The fourth-order valence-electron chi connectivity index (χ4n) is 2.66. The lowest BCUT2D eigenvalue weighted by atomic mass is 9.97. The molecule has 1 aliphatic heterocycles. The molecule has 0 aliphatic carbocycles. The van der Waals surface area contributed by atoms with Crippen LogP contribution in [0.3, 0.4) is 0 Å². The van der Waals surface area contributed by atoms with Crippen molar-refractivity contribution in [2.24, 2.45) is 5.92 Å². The molecule has 3 heterocycles.